The van der Waals surface area contributed by atoms with Gasteiger partial charge < -0.3 is 15.5 Å². The van der Waals surface area contributed by atoms with Gasteiger partial charge in [0, 0.05) is 43.3 Å². The van der Waals surface area contributed by atoms with Crippen molar-refractivity contribution in [1.29, 1.82) is 0 Å². The first-order valence-electron chi connectivity index (χ1n) is 9.51. The zero-order valence-corrected chi connectivity index (χ0v) is 17.4. The predicted molar refractivity (Wildman–Crippen MR) is 113 cm³/mol. The number of nitrogens with zero attached hydrogens (tertiary/aromatic N) is 3. The number of carbonyl (C=O) groups excluding carboxylic acids is 2. The van der Waals surface area contributed by atoms with E-state index in [1.807, 2.05) is 49.9 Å². The molecule has 1 aromatic heterocycles. The van der Waals surface area contributed by atoms with Crippen LogP contribution in [-0.4, -0.2) is 65.4 Å². The molecular weight excluding hydrogens is 374 g/mol. The Kier molecular flexibility index (Phi) is 6.64. The fourth-order valence-electron chi connectivity index (χ4n) is 3.00. The second-order valence-corrected chi connectivity index (χ2v) is 8.18. The van der Waals surface area contributed by atoms with Gasteiger partial charge in [0.1, 0.15) is 5.69 Å². The molecule has 1 aromatic carbocycles. The lowest BCUT2D eigenvalue weighted by molar-refractivity contribution is -0.117. The molecule has 2 amide bonds. The van der Waals surface area contributed by atoms with Gasteiger partial charge in [0.2, 0.25) is 5.91 Å². The molecular formula is C20H27N5O2S. The Hall–Kier alpha value is -2.45. The van der Waals surface area contributed by atoms with Gasteiger partial charge in [-0.05, 0) is 32.9 Å². The number of aryl methyl sites for hydroxylation is 1. The molecule has 2 heterocycles. The van der Waals surface area contributed by atoms with Crippen LogP contribution < -0.4 is 10.6 Å². The Balaban J connectivity index is 1.46. The molecule has 28 heavy (non-hydrogen) atoms. The minimum Gasteiger partial charge on any atom is -0.359 e. The molecule has 0 atom stereocenters. The number of aromatic nitrogens is 1. The number of carbonyl (C=O) groups is 2. The molecule has 1 aliphatic rings. The summed E-state index contributed by atoms with van der Waals surface area (Å²) in [6, 6.07) is 8.03. The molecule has 0 unspecified atom stereocenters. The summed E-state index contributed by atoms with van der Waals surface area (Å²) in [5.41, 5.74) is 2.45. The van der Waals surface area contributed by atoms with E-state index in [2.05, 4.69) is 20.5 Å². The van der Waals surface area contributed by atoms with Crippen LogP contribution in [0, 0.1) is 6.92 Å². The molecule has 0 aliphatic carbocycles. The fourth-order valence-corrected chi connectivity index (χ4v) is 3.83. The zero-order valence-electron chi connectivity index (χ0n) is 16.6. The summed E-state index contributed by atoms with van der Waals surface area (Å²) < 4.78 is 0. The van der Waals surface area contributed by atoms with Crippen LogP contribution in [-0.2, 0) is 4.79 Å². The molecule has 150 valence electrons. The van der Waals surface area contributed by atoms with Crippen molar-refractivity contribution in [3.05, 3.63) is 40.9 Å². The maximum absolute atomic E-state index is 12.6. The van der Waals surface area contributed by atoms with E-state index in [9.17, 15) is 9.59 Å². The van der Waals surface area contributed by atoms with Crippen LogP contribution in [0.15, 0.2) is 29.6 Å². The molecule has 3 rings (SSSR count). The standard InChI is InChI=1S/C20H27N5O2S/c1-14(2)21-20-23-17(13-28-20)19(27)25-10-8-24(9-11-25)12-18(26)22-16-6-4-15(3)5-7-16/h4-7,13-14H,8-12H2,1-3H3,(H,21,23)(H,22,26). The van der Waals surface area contributed by atoms with Crippen LogP contribution in [0.2, 0.25) is 0 Å². The highest BCUT2D eigenvalue weighted by Crippen LogP contribution is 2.18. The Morgan fingerprint density at radius 1 is 1.14 bits per heavy atom. The van der Waals surface area contributed by atoms with Gasteiger partial charge in [0.05, 0.1) is 6.54 Å². The normalized spacial score (nSPS) is 14.9. The third-order valence-corrected chi connectivity index (χ3v) is 5.27. The number of anilines is 2. The number of amides is 2. The van der Waals surface area contributed by atoms with Crippen molar-refractivity contribution in [1.82, 2.24) is 14.8 Å². The summed E-state index contributed by atoms with van der Waals surface area (Å²) in [4.78, 5) is 33.1. The van der Waals surface area contributed by atoms with Gasteiger partial charge in [-0.25, -0.2) is 4.98 Å². The topological polar surface area (TPSA) is 77.6 Å². The van der Waals surface area contributed by atoms with Crippen LogP contribution >= 0.6 is 11.3 Å². The highest BCUT2D eigenvalue weighted by atomic mass is 32.1. The minimum atomic E-state index is -0.0446. The van der Waals surface area contributed by atoms with Gasteiger partial charge in [-0.15, -0.1) is 11.3 Å². The number of thiazole rings is 1. The van der Waals surface area contributed by atoms with E-state index in [4.69, 9.17) is 0 Å². The largest absolute Gasteiger partial charge is 0.359 e. The van der Waals surface area contributed by atoms with E-state index in [0.29, 0.717) is 38.4 Å². The number of nitrogens with one attached hydrogen (secondary N) is 2. The van der Waals surface area contributed by atoms with E-state index in [0.717, 1.165) is 16.4 Å². The van der Waals surface area contributed by atoms with Gasteiger partial charge in [-0.3, -0.25) is 14.5 Å². The first kappa shape index (κ1) is 20.3. The van der Waals surface area contributed by atoms with Crippen LogP contribution in [0.25, 0.3) is 0 Å². The Labute approximate surface area is 169 Å². The fraction of sp³-hybridized carbons (Fsp3) is 0.450. The number of piperazine rings is 1. The average Bonchev–Trinajstić information content (AvgIpc) is 3.11. The van der Waals surface area contributed by atoms with Crippen LogP contribution in [0.5, 0.6) is 0 Å². The van der Waals surface area contributed by atoms with Crippen molar-refractivity contribution < 1.29 is 9.59 Å². The van der Waals surface area contributed by atoms with E-state index < -0.39 is 0 Å². The average molecular weight is 402 g/mol. The molecule has 7 nitrogen and oxygen atoms in total. The third-order valence-electron chi connectivity index (χ3n) is 4.50. The Bertz CT molecular complexity index is 810. The Morgan fingerprint density at radius 2 is 1.82 bits per heavy atom. The van der Waals surface area contributed by atoms with Crippen LogP contribution in [0.4, 0.5) is 10.8 Å². The summed E-state index contributed by atoms with van der Waals surface area (Å²) in [5, 5.41) is 8.70. The molecule has 2 N–H and O–H groups in total. The lowest BCUT2D eigenvalue weighted by atomic mass is 10.2. The molecule has 0 saturated carbocycles. The Morgan fingerprint density at radius 3 is 2.46 bits per heavy atom. The molecule has 0 radical (unpaired) electrons. The van der Waals surface area contributed by atoms with Gasteiger partial charge in [0.15, 0.2) is 5.13 Å². The van der Waals surface area contributed by atoms with E-state index >= 15 is 0 Å². The highest BCUT2D eigenvalue weighted by Gasteiger charge is 2.25. The first-order valence-corrected chi connectivity index (χ1v) is 10.4. The summed E-state index contributed by atoms with van der Waals surface area (Å²) in [5.74, 6) is -0.0793. The minimum absolute atomic E-state index is 0.0347. The van der Waals surface area contributed by atoms with E-state index in [-0.39, 0.29) is 17.9 Å². The molecule has 0 bridgehead atoms. The highest BCUT2D eigenvalue weighted by molar-refractivity contribution is 7.13. The number of rotatable bonds is 6. The lowest BCUT2D eigenvalue weighted by Crippen LogP contribution is -2.50. The summed E-state index contributed by atoms with van der Waals surface area (Å²) in [7, 11) is 0. The predicted octanol–water partition coefficient (Wildman–Crippen LogP) is 2.67. The van der Waals surface area contributed by atoms with Crippen LogP contribution in [0.3, 0.4) is 0 Å². The van der Waals surface area contributed by atoms with Crippen LogP contribution in [0.1, 0.15) is 29.9 Å². The van der Waals surface area contributed by atoms with Gasteiger partial charge in [-0.1, -0.05) is 17.7 Å². The van der Waals surface area contributed by atoms with Crippen molar-refractivity contribution in [2.75, 3.05) is 43.4 Å². The third kappa shape index (κ3) is 5.53. The van der Waals surface area contributed by atoms with E-state index in [1.165, 1.54) is 11.3 Å². The molecule has 1 aliphatic heterocycles. The van der Waals surface area contributed by atoms with Crippen molar-refractivity contribution >= 4 is 34.0 Å². The maximum Gasteiger partial charge on any atom is 0.273 e. The smallest absolute Gasteiger partial charge is 0.273 e. The first-order chi connectivity index (χ1) is 13.4. The van der Waals surface area contributed by atoms with Crippen molar-refractivity contribution in [3.63, 3.8) is 0 Å². The van der Waals surface area contributed by atoms with Crippen molar-refractivity contribution in [3.8, 4) is 0 Å². The second kappa shape index (κ2) is 9.16. The maximum atomic E-state index is 12.6. The summed E-state index contributed by atoms with van der Waals surface area (Å²) >= 11 is 1.45. The van der Waals surface area contributed by atoms with Gasteiger partial charge in [-0.2, -0.15) is 0 Å². The molecule has 2 aromatic rings. The van der Waals surface area contributed by atoms with E-state index in [1.54, 1.807) is 5.38 Å². The lowest BCUT2D eigenvalue weighted by Gasteiger charge is -2.33. The molecule has 8 heteroatoms. The van der Waals surface area contributed by atoms with Gasteiger partial charge >= 0.3 is 0 Å². The quantitative estimate of drug-likeness (QED) is 0.778. The number of benzene rings is 1. The SMILES string of the molecule is Cc1ccc(NC(=O)CN2CCN(C(=O)c3csc(NC(C)C)n3)CC2)cc1. The summed E-state index contributed by atoms with van der Waals surface area (Å²) in [6.45, 7) is 8.97. The monoisotopic (exact) mass is 401 g/mol. The van der Waals surface area contributed by atoms with Crippen molar-refractivity contribution in [2.45, 2.75) is 26.8 Å². The molecule has 1 fully saturated rings. The molecule has 1 saturated heterocycles. The zero-order chi connectivity index (χ0) is 20.1. The van der Waals surface area contributed by atoms with Gasteiger partial charge in [0.25, 0.3) is 5.91 Å². The number of hydrogen-bond donors (Lipinski definition) is 2. The molecule has 0 spiro atoms. The van der Waals surface area contributed by atoms with Crippen molar-refractivity contribution in [2.24, 2.45) is 0 Å². The summed E-state index contributed by atoms with van der Waals surface area (Å²) in [6.07, 6.45) is 0. The second-order valence-electron chi connectivity index (χ2n) is 7.32. The number of hydrogen-bond acceptors (Lipinski definition) is 6.